The quantitative estimate of drug-likeness (QED) is 0.176. The molecule has 0 amide bonds. The Labute approximate surface area is 342 Å². The van der Waals surface area contributed by atoms with Gasteiger partial charge in [0, 0.05) is 44.4 Å². The third-order valence-corrected chi connectivity index (χ3v) is 12.6. The van der Waals surface area contributed by atoms with E-state index in [1.54, 1.807) is 0 Å². The van der Waals surface area contributed by atoms with E-state index >= 15 is 0 Å². The summed E-state index contributed by atoms with van der Waals surface area (Å²) in [6, 6.07) is 64.6. The average Bonchev–Trinajstić information content (AvgIpc) is 3.91. The Bertz CT molecular complexity index is 3290. The summed E-state index contributed by atoms with van der Waals surface area (Å²) in [6.07, 6.45) is 0. The maximum absolute atomic E-state index is 6.98. The number of aromatic nitrogens is 3. The van der Waals surface area contributed by atoms with Crippen LogP contribution in [0.4, 0.5) is 0 Å². The van der Waals surface area contributed by atoms with E-state index in [1.165, 1.54) is 50.1 Å². The van der Waals surface area contributed by atoms with Crippen molar-refractivity contribution in [2.75, 3.05) is 0 Å². The van der Waals surface area contributed by atoms with Crippen LogP contribution in [0, 0.1) is 0 Å². The number of rotatable bonds is 5. The van der Waals surface area contributed by atoms with Gasteiger partial charge in [-0.3, -0.25) is 0 Å². The zero-order chi connectivity index (χ0) is 39.2. The van der Waals surface area contributed by atoms with Crippen molar-refractivity contribution in [3.8, 4) is 67.5 Å². The lowest BCUT2D eigenvalue weighted by Crippen LogP contribution is -2.15. The SMILES string of the molecule is CC1(C)c2ccccc2-c2cc3c(cc21)-c1ccccc1C3c1cccc2c1oc1cccc(-c3nc(-c4ccccc4)nc(-c4ccc(-c5ccccc5)cc4)n3)c12. The monoisotopic (exact) mass is 755 g/mol. The van der Waals surface area contributed by atoms with E-state index in [0.29, 0.717) is 17.5 Å². The van der Waals surface area contributed by atoms with E-state index in [0.717, 1.165) is 49.8 Å². The second-order valence-corrected chi connectivity index (χ2v) is 16.3. The number of hydrogen-bond acceptors (Lipinski definition) is 4. The van der Waals surface area contributed by atoms with Gasteiger partial charge < -0.3 is 4.42 Å². The predicted molar refractivity (Wildman–Crippen MR) is 239 cm³/mol. The summed E-state index contributed by atoms with van der Waals surface area (Å²) in [5.74, 6) is 1.85. The minimum atomic E-state index is -0.0793. The first-order valence-electron chi connectivity index (χ1n) is 20.3. The molecule has 278 valence electrons. The van der Waals surface area contributed by atoms with Crippen LogP contribution in [0.25, 0.3) is 89.5 Å². The fraction of sp³-hybridized carbons (Fsp3) is 0.0727. The number of benzene rings is 8. The number of para-hydroxylation sites is 1. The first-order chi connectivity index (χ1) is 29.0. The van der Waals surface area contributed by atoms with E-state index in [4.69, 9.17) is 19.4 Å². The molecule has 0 fully saturated rings. The summed E-state index contributed by atoms with van der Waals surface area (Å²) >= 11 is 0. The molecule has 0 bridgehead atoms. The summed E-state index contributed by atoms with van der Waals surface area (Å²) < 4.78 is 6.98. The van der Waals surface area contributed by atoms with Crippen LogP contribution < -0.4 is 0 Å². The molecule has 0 radical (unpaired) electrons. The molecule has 2 aromatic heterocycles. The molecule has 12 rings (SSSR count). The fourth-order valence-corrected chi connectivity index (χ4v) is 9.80. The van der Waals surface area contributed by atoms with Gasteiger partial charge in [-0.05, 0) is 73.8 Å². The molecule has 0 N–H and O–H groups in total. The summed E-state index contributed by atoms with van der Waals surface area (Å²) in [4.78, 5) is 15.4. The largest absolute Gasteiger partial charge is 0.456 e. The average molecular weight is 756 g/mol. The van der Waals surface area contributed by atoms with Crippen LogP contribution >= 0.6 is 0 Å². The van der Waals surface area contributed by atoms with Crippen molar-refractivity contribution in [3.05, 3.63) is 210 Å². The smallest absolute Gasteiger partial charge is 0.164 e. The van der Waals surface area contributed by atoms with E-state index in [2.05, 4.69) is 153 Å². The second kappa shape index (κ2) is 12.8. The Morgan fingerprint density at radius 2 is 0.983 bits per heavy atom. The van der Waals surface area contributed by atoms with Crippen LogP contribution in [0.2, 0.25) is 0 Å². The molecule has 1 unspecified atom stereocenters. The minimum absolute atomic E-state index is 0.00223. The molecule has 2 heterocycles. The molecule has 0 spiro atoms. The standard InChI is InChI=1S/C55H37N3O/c1-55(2)46-25-12-11-20-38(46)44-31-45-43(32-47(44)55)37-19-9-10-21-39(37)49(45)40-22-13-23-41-50-42(24-14-26-48(50)59-51(40)41)54-57-52(35-17-7-4-8-18-35)56-53(58-54)36-29-27-34(28-30-36)33-15-5-3-6-16-33/h3-32,49H,1-2H3. The maximum Gasteiger partial charge on any atom is 0.164 e. The van der Waals surface area contributed by atoms with Gasteiger partial charge in [0.1, 0.15) is 11.2 Å². The van der Waals surface area contributed by atoms with E-state index < -0.39 is 0 Å². The van der Waals surface area contributed by atoms with Crippen LogP contribution in [0.3, 0.4) is 0 Å². The normalized spacial score (nSPS) is 14.6. The van der Waals surface area contributed by atoms with Gasteiger partial charge in [-0.2, -0.15) is 0 Å². The fourth-order valence-electron chi connectivity index (χ4n) is 9.80. The molecule has 59 heavy (non-hydrogen) atoms. The summed E-state index contributed by atoms with van der Waals surface area (Å²) in [6.45, 7) is 4.71. The van der Waals surface area contributed by atoms with Gasteiger partial charge in [0.2, 0.25) is 0 Å². The highest BCUT2D eigenvalue weighted by atomic mass is 16.3. The molecular weight excluding hydrogens is 719 g/mol. The Balaban J connectivity index is 1.04. The molecule has 4 nitrogen and oxygen atoms in total. The van der Waals surface area contributed by atoms with Crippen LogP contribution in [-0.2, 0) is 5.41 Å². The highest BCUT2D eigenvalue weighted by Crippen LogP contribution is 2.56. The summed E-state index contributed by atoms with van der Waals surface area (Å²) in [7, 11) is 0. The van der Waals surface area contributed by atoms with Crippen molar-refractivity contribution in [3.63, 3.8) is 0 Å². The number of hydrogen-bond donors (Lipinski definition) is 0. The van der Waals surface area contributed by atoms with Crippen LogP contribution in [0.5, 0.6) is 0 Å². The molecule has 10 aromatic rings. The van der Waals surface area contributed by atoms with E-state index in [-0.39, 0.29) is 11.3 Å². The molecule has 0 aliphatic heterocycles. The van der Waals surface area contributed by atoms with Crippen molar-refractivity contribution in [2.45, 2.75) is 25.2 Å². The van der Waals surface area contributed by atoms with Gasteiger partial charge in [0.15, 0.2) is 17.5 Å². The zero-order valence-corrected chi connectivity index (χ0v) is 32.6. The minimum Gasteiger partial charge on any atom is -0.456 e. The lowest BCUT2D eigenvalue weighted by atomic mass is 9.81. The van der Waals surface area contributed by atoms with Crippen molar-refractivity contribution in [2.24, 2.45) is 0 Å². The Morgan fingerprint density at radius 1 is 0.407 bits per heavy atom. The lowest BCUT2D eigenvalue weighted by molar-refractivity contribution is 0.659. The Kier molecular flexibility index (Phi) is 7.30. The van der Waals surface area contributed by atoms with E-state index in [9.17, 15) is 0 Å². The molecule has 8 aromatic carbocycles. The molecular formula is C55H37N3O. The third kappa shape index (κ3) is 5.12. The molecule has 0 saturated carbocycles. The highest BCUT2D eigenvalue weighted by molar-refractivity contribution is 6.13. The van der Waals surface area contributed by atoms with Crippen molar-refractivity contribution < 1.29 is 4.42 Å². The van der Waals surface area contributed by atoms with Crippen molar-refractivity contribution in [1.29, 1.82) is 0 Å². The second-order valence-electron chi connectivity index (χ2n) is 16.3. The Morgan fingerprint density at radius 3 is 1.76 bits per heavy atom. The summed E-state index contributed by atoms with van der Waals surface area (Å²) in [5, 5.41) is 2.04. The summed E-state index contributed by atoms with van der Waals surface area (Å²) in [5.41, 5.74) is 18.5. The van der Waals surface area contributed by atoms with Crippen LogP contribution in [0.15, 0.2) is 186 Å². The van der Waals surface area contributed by atoms with Gasteiger partial charge in [0.25, 0.3) is 0 Å². The van der Waals surface area contributed by atoms with Gasteiger partial charge in [0.05, 0.1) is 0 Å². The molecule has 2 aliphatic carbocycles. The topological polar surface area (TPSA) is 51.8 Å². The van der Waals surface area contributed by atoms with Gasteiger partial charge >= 0.3 is 0 Å². The molecule has 2 aliphatic rings. The number of fused-ring (bicyclic) bond motifs is 9. The molecule has 1 atom stereocenters. The van der Waals surface area contributed by atoms with E-state index in [1.807, 2.05) is 42.5 Å². The van der Waals surface area contributed by atoms with Crippen LogP contribution in [0.1, 0.15) is 47.6 Å². The number of furan rings is 1. The number of nitrogens with zero attached hydrogens (tertiary/aromatic N) is 3. The lowest BCUT2D eigenvalue weighted by Gasteiger charge is -2.22. The van der Waals surface area contributed by atoms with Gasteiger partial charge in [-0.25, -0.2) is 15.0 Å². The maximum atomic E-state index is 6.98. The zero-order valence-electron chi connectivity index (χ0n) is 32.6. The predicted octanol–water partition coefficient (Wildman–Crippen LogP) is 13.9. The van der Waals surface area contributed by atoms with Gasteiger partial charge in [-0.1, -0.05) is 178 Å². The highest BCUT2D eigenvalue weighted by Gasteiger charge is 2.40. The first-order valence-corrected chi connectivity index (χ1v) is 20.3. The Hall–Kier alpha value is -7.43. The molecule has 4 heteroatoms. The van der Waals surface area contributed by atoms with Crippen molar-refractivity contribution in [1.82, 2.24) is 15.0 Å². The van der Waals surface area contributed by atoms with Crippen LogP contribution in [-0.4, -0.2) is 15.0 Å². The first kappa shape index (κ1) is 33.7. The van der Waals surface area contributed by atoms with Gasteiger partial charge in [-0.15, -0.1) is 0 Å². The van der Waals surface area contributed by atoms with Crippen molar-refractivity contribution >= 4 is 21.9 Å². The third-order valence-electron chi connectivity index (χ3n) is 12.6. The molecule has 0 saturated heterocycles.